The molecule has 3 aromatic rings. The number of hydrogen-bond donors (Lipinski definition) is 1. The van der Waals surface area contributed by atoms with Crippen LogP contribution in [0.3, 0.4) is 0 Å². The van der Waals surface area contributed by atoms with Crippen LogP contribution >= 0.6 is 0 Å². The Balaban J connectivity index is 1.26. The molecule has 1 aliphatic heterocycles. The lowest BCUT2D eigenvalue weighted by Crippen LogP contribution is -2.50. The van der Waals surface area contributed by atoms with Gasteiger partial charge in [0.15, 0.2) is 0 Å². The average Bonchev–Trinajstić information content (AvgIpc) is 3.39. The molecule has 0 radical (unpaired) electrons. The molecule has 0 bridgehead atoms. The SMILES string of the molecule is COC[C@@H]1C[C@H](NCc2ccc(OC)cc2)[C@H](CO[C@H]2CC[C@@H](c3cccc(F)c3)CC2)N1C(=O)OCc1ccccc1. The number of ether oxygens (including phenoxy) is 4. The second-order valence-electron chi connectivity index (χ2n) is 11.6. The van der Waals surface area contributed by atoms with Gasteiger partial charge in [-0.05, 0) is 79.0 Å². The molecule has 0 aromatic heterocycles. The van der Waals surface area contributed by atoms with Gasteiger partial charge in [0.25, 0.3) is 0 Å². The predicted octanol–water partition coefficient (Wildman–Crippen LogP) is 6.46. The van der Waals surface area contributed by atoms with E-state index in [2.05, 4.69) is 5.32 Å². The number of likely N-dealkylation sites (tertiary alicyclic amines) is 1. The second-order valence-corrected chi connectivity index (χ2v) is 11.6. The molecule has 1 saturated heterocycles. The standard InChI is InChI=1S/C35H43FN2O5/c1-40-23-30-20-33(37-21-25-11-15-31(41-2)16-12-25)34(38(30)35(39)43-22-26-7-4-3-5-8-26)24-42-32-17-13-27(14-18-32)28-9-6-10-29(36)19-28/h3-12,15-16,19,27,30,32-34,37H,13-14,17-18,20-24H2,1-2H3/t27-,30-,32+,33-,34-/m0/s1. The Morgan fingerprint density at radius 2 is 1.67 bits per heavy atom. The molecule has 8 heteroatoms. The van der Waals surface area contributed by atoms with Gasteiger partial charge in [0, 0.05) is 19.7 Å². The van der Waals surface area contributed by atoms with Gasteiger partial charge in [-0.25, -0.2) is 9.18 Å². The van der Waals surface area contributed by atoms with Gasteiger partial charge in [-0.2, -0.15) is 0 Å². The molecule has 1 heterocycles. The summed E-state index contributed by atoms with van der Waals surface area (Å²) in [6, 6.07) is 24.3. The van der Waals surface area contributed by atoms with E-state index in [0.717, 1.165) is 54.5 Å². The van der Waals surface area contributed by atoms with Crippen LogP contribution in [-0.4, -0.2) is 62.7 Å². The Morgan fingerprint density at radius 1 is 0.907 bits per heavy atom. The van der Waals surface area contributed by atoms with E-state index < -0.39 is 0 Å². The van der Waals surface area contributed by atoms with Crippen molar-refractivity contribution in [1.82, 2.24) is 10.2 Å². The van der Waals surface area contributed by atoms with Crippen molar-refractivity contribution in [2.24, 2.45) is 0 Å². The summed E-state index contributed by atoms with van der Waals surface area (Å²) in [6.07, 6.45) is 4.17. The molecule has 5 rings (SSSR count). The lowest BCUT2D eigenvalue weighted by Gasteiger charge is -2.34. The fourth-order valence-electron chi connectivity index (χ4n) is 6.41. The molecule has 1 amide bonds. The van der Waals surface area contributed by atoms with Crippen molar-refractivity contribution in [3.05, 3.63) is 101 Å². The topological polar surface area (TPSA) is 69.3 Å². The van der Waals surface area contributed by atoms with Crippen molar-refractivity contribution in [3.63, 3.8) is 0 Å². The maximum absolute atomic E-state index is 13.8. The minimum absolute atomic E-state index is 0.00448. The summed E-state index contributed by atoms with van der Waals surface area (Å²) in [5, 5.41) is 3.69. The zero-order valence-electron chi connectivity index (χ0n) is 25.1. The van der Waals surface area contributed by atoms with Crippen molar-refractivity contribution in [1.29, 1.82) is 0 Å². The van der Waals surface area contributed by atoms with E-state index in [1.165, 1.54) is 6.07 Å². The van der Waals surface area contributed by atoms with Crippen LogP contribution in [0.2, 0.25) is 0 Å². The Bertz CT molecular complexity index is 1280. The normalized spacial score (nSPS) is 23.7. The largest absolute Gasteiger partial charge is 0.497 e. The monoisotopic (exact) mass is 590 g/mol. The molecule has 1 saturated carbocycles. The van der Waals surface area contributed by atoms with E-state index >= 15 is 0 Å². The minimum Gasteiger partial charge on any atom is -0.497 e. The quantitative estimate of drug-likeness (QED) is 0.261. The van der Waals surface area contributed by atoms with Crippen molar-refractivity contribution in [3.8, 4) is 5.75 Å². The number of nitrogens with zero attached hydrogens (tertiary/aromatic N) is 1. The Morgan fingerprint density at radius 3 is 2.37 bits per heavy atom. The van der Waals surface area contributed by atoms with E-state index in [1.54, 1.807) is 26.4 Å². The fraction of sp³-hybridized carbons (Fsp3) is 0.457. The summed E-state index contributed by atoms with van der Waals surface area (Å²) in [5.41, 5.74) is 3.13. The Kier molecular flexibility index (Phi) is 11.0. The van der Waals surface area contributed by atoms with Gasteiger partial charge in [-0.3, -0.25) is 4.90 Å². The maximum atomic E-state index is 13.8. The molecular formula is C35H43FN2O5. The van der Waals surface area contributed by atoms with Gasteiger partial charge in [0.05, 0.1) is 38.5 Å². The molecule has 3 aromatic carbocycles. The number of benzene rings is 3. The van der Waals surface area contributed by atoms with Crippen LogP contribution in [0.25, 0.3) is 0 Å². The maximum Gasteiger partial charge on any atom is 0.410 e. The Hall–Kier alpha value is -3.46. The highest BCUT2D eigenvalue weighted by molar-refractivity contribution is 5.69. The van der Waals surface area contributed by atoms with Crippen LogP contribution in [0.5, 0.6) is 5.75 Å². The van der Waals surface area contributed by atoms with Gasteiger partial charge >= 0.3 is 6.09 Å². The summed E-state index contributed by atoms with van der Waals surface area (Å²) in [4.78, 5) is 15.4. The molecule has 1 N–H and O–H groups in total. The zero-order valence-corrected chi connectivity index (χ0v) is 25.1. The van der Waals surface area contributed by atoms with Gasteiger partial charge in [0.1, 0.15) is 18.2 Å². The van der Waals surface area contributed by atoms with Crippen LogP contribution in [0.15, 0.2) is 78.9 Å². The minimum atomic E-state index is -0.358. The highest BCUT2D eigenvalue weighted by Crippen LogP contribution is 2.35. The van der Waals surface area contributed by atoms with Crippen LogP contribution in [-0.2, 0) is 27.4 Å². The van der Waals surface area contributed by atoms with Crippen LogP contribution in [0.1, 0.15) is 54.7 Å². The lowest BCUT2D eigenvalue weighted by atomic mass is 9.82. The number of rotatable bonds is 12. The molecule has 0 unspecified atom stereocenters. The van der Waals surface area contributed by atoms with Crippen molar-refractivity contribution in [2.45, 2.75) is 75.4 Å². The summed E-state index contributed by atoms with van der Waals surface area (Å²) in [6.45, 7) is 1.67. The van der Waals surface area contributed by atoms with Crippen molar-refractivity contribution >= 4 is 6.09 Å². The summed E-state index contributed by atoms with van der Waals surface area (Å²) < 4.78 is 37.0. The zero-order chi connectivity index (χ0) is 30.0. The number of hydrogen-bond acceptors (Lipinski definition) is 6. The third-order valence-corrected chi connectivity index (χ3v) is 8.74. The highest BCUT2D eigenvalue weighted by atomic mass is 19.1. The third-order valence-electron chi connectivity index (χ3n) is 8.74. The summed E-state index contributed by atoms with van der Waals surface area (Å²) >= 11 is 0. The van der Waals surface area contributed by atoms with Gasteiger partial charge in [-0.15, -0.1) is 0 Å². The van der Waals surface area contributed by atoms with E-state index in [1.807, 2.05) is 65.6 Å². The first-order valence-corrected chi connectivity index (χ1v) is 15.3. The van der Waals surface area contributed by atoms with E-state index in [9.17, 15) is 9.18 Å². The molecule has 3 atom stereocenters. The number of amides is 1. The van der Waals surface area contributed by atoms with E-state index in [-0.39, 0.29) is 42.7 Å². The lowest BCUT2D eigenvalue weighted by molar-refractivity contribution is -0.0171. The van der Waals surface area contributed by atoms with Crippen molar-refractivity contribution in [2.75, 3.05) is 27.4 Å². The smallest absolute Gasteiger partial charge is 0.410 e. The van der Waals surface area contributed by atoms with Crippen LogP contribution in [0, 0.1) is 5.82 Å². The number of carbonyl (C=O) groups is 1. The number of nitrogens with one attached hydrogen (secondary N) is 1. The highest BCUT2D eigenvalue weighted by Gasteiger charge is 2.45. The first kappa shape index (κ1) is 31.0. The van der Waals surface area contributed by atoms with Crippen LogP contribution < -0.4 is 10.1 Å². The number of carbonyl (C=O) groups excluding carboxylic acids is 1. The molecule has 2 fully saturated rings. The van der Waals surface area contributed by atoms with E-state index in [4.69, 9.17) is 18.9 Å². The first-order valence-electron chi connectivity index (χ1n) is 15.3. The third kappa shape index (κ3) is 8.34. The van der Waals surface area contributed by atoms with Gasteiger partial charge in [0.2, 0.25) is 0 Å². The average molecular weight is 591 g/mol. The summed E-state index contributed by atoms with van der Waals surface area (Å²) in [7, 11) is 3.32. The predicted molar refractivity (Wildman–Crippen MR) is 164 cm³/mol. The summed E-state index contributed by atoms with van der Waals surface area (Å²) in [5.74, 6) is 0.974. The number of methoxy groups -OCH3 is 2. The van der Waals surface area contributed by atoms with Gasteiger partial charge < -0.3 is 24.3 Å². The number of halogens is 1. The Labute approximate surface area is 254 Å². The molecule has 43 heavy (non-hydrogen) atoms. The molecule has 2 aliphatic rings. The van der Waals surface area contributed by atoms with E-state index in [0.29, 0.717) is 25.7 Å². The molecule has 230 valence electrons. The molecule has 7 nitrogen and oxygen atoms in total. The van der Waals surface area contributed by atoms with Crippen molar-refractivity contribution < 1.29 is 28.1 Å². The first-order chi connectivity index (χ1) is 21.0. The second kappa shape index (κ2) is 15.3. The molecular weight excluding hydrogens is 547 g/mol. The van der Waals surface area contributed by atoms with Crippen LogP contribution in [0.4, 0.5) is 9.18 Å². The van der Waals surface area contributed by atoms with Gasteiger partial charge in [-0.1, -0.05) is 54.6 Å². The molecule has 1 aliphatic carbocycles. The fourth-order valence-corrected chi connectivity index (χ4v) is 6.41. The molecule has 0 spiro atoms.